The van der Waals surface area contributed by atoms with Gasteiger partial charge in [-0.05, 0) is 32.0 Å². The van der Waals surface area contributed by atoms with Crippen LogP contribution in [0.1, 0.15) is 19.4 Å². The maximum atomic E-state index is 5.41. The summed E-state index contributed by atoms with van der Waals surface area (Å²) >= 11 is 0. The minimum Gasteiger partial charge on any atom is -0.493 e. The van der Waals surface area contributed by atoms with Gasteiger partial charge in [0.05, 0.1) is 19.9 Å². The van der Waals surface area contributed by atoms with Gasteiger partial charge in [0.1, 0.15) is 6.61 Å². The predicted molar refractivity (Wildman–Crippen MR) is 63.4 cm³/mol. The van der Waals surface area contributed by atoms with Gasteiger partial charge in [0.25, 0.3) is 0 Å². The lowest BCUT2D eigenvalue weighted by atomic mass is 10.2. The van der Waals surface area contributed by atoms with E-state index in [0.29, 0.717) is 19.0 Å². The second kappa shape index (κ2) is 6.71. The SMILES string of the molecule is CCO/N=C/c1ccc(OCC)c(OC)c1. The van der Waals surface area contributed by atoms with Crippen molar-refractivity contribution in [3.05, 3.63) is 23.8 Å². The lowest BCUT2D eigenvalue weighted by Crippen LogP contribution is -1.96. The van der Waals surface area contributed by atoms with Crippen molar-refractivity contribution in [3.8, 4) is 11.5 Å². The van der Waals surface area contributed by atoms with Crippen LogP contribution < -0.4 is 9.47 Å². The van der Waals surface area contributed by atoms with Gasteiger partial charge in [0.15, 0.2) is 11.5 Å². The molecule has 0 heterocycles. The first kappa shape index (κ1) is 12.4. The minimum absolute atomic E-state index is 0.560. The zero-order valence-corrected chi connectivity index (χ0v) is 9.90. The third-order valence-electron chi connectivity index (χ3n) is 1.89. The Hall–Kier alpha value is -1.71. The molecule has 0 aromatic heterocycles. The number of oxime groups is 1. The smallest absolute Gasteiger partial charge is 0.161 e. The molecular formula is C12H17NO3. The molecule has 0 spiro atoms. The third-order valence-corrected chi connectivity index (χ3v) is 1.89. The van der Waals surface area contributed by atoms with Crippen molar-refractivity contribution in [2.24, 2.45) is 5.16 Å². The highest BCUT2D eigenvalue weighted by Gasteiger charge is 2.03. The number of nitrogens with zero attached hydrogens (tertiary/aromatic N) is 1. The Morgan fingerprint density at radius 3 is 2.62 bits per heavy atom. The topological polar surface area (TPSA) is 40.0 Å². The van der Waals surface area contributed by atoms with Crippen LogP contribution >= 0.6 is 0 Å². The van der Waals surface area contributed by atoms with E-state index in [0.717, 1.165) is 11.3 Å². The van der Waals surface area contributed by atoms with Crippen LogP contribution in [0.5, 0.6) is 11.5 Å². The van der Waals surface area contributed by atoms with Crippen LogP contribution in [0, 0.1) is 0 Å². The van der Waals surface area contributed by atoms with Gasteiger partial charge in [-0.1, -0.05) is 5.16 Å². The average Bonchev–Trinajstić information content (AvgIpc) is 2.31. The number of benzene rings is 1. The predicted octanol–water partition coefficient (Wildman–Crippen LogP) is 2.46. The molecule has 1 aromatic rings. The van der Waals surface area contributed by atoms with E-state index in [2.05, 4.69) is 5.16 Å². The molecule has 0 atom stereocenters. The molecular weight excluding hydrogens is 206 g/mol. The normalized spacial score (nSPS) is 10.4. The van der Waals surface area contributed by atoms with Gasteiger partial charge in [-0.3, -0.25) is 0 Å². The number of hydrogen-bond donors (Lipinski definition) is 0. The van der Waals surface area contributed by atoms with Gasteiger partial charge in [-0.25, -0.2) is 0 Å². The molecule has 4 heteroatoms. The number of hydrogen-bond acceptors (Lipinski definition) is 4. The third kappa shape index (κ3) is 3.46. The zero-order chi connectivity index (χ0) is 11.8. The summed E-state index contributed by atoms with van der Waals surface area (Å²) < 4.78 is 10.6. The van der Waals surface area contributed by atoms with Gasteiger partial charge >= 0.3 is 0 Å². The number of rotatable bonds is 6. The Morgan fingerprint density at radius 2 is 2.00 bits per heavy atom. The number of methoxy groups -OCH3 is 1. The molecule has 0 saturated carbocycles. The standard InChI is InChI=1S/C12H17NO3/c1-4-15-11-7-6-10(8-12(11)14-3)9-13-16-5-2/h6-9H,4-5H2,1-3H3/b13-9+. The summed E-state index contributed by atoms with van der Waals surface area (Å²) in [5.74, 6) is 1.43. The van der Waals surface area contributed by atoms with E-state index in [9.17, 15) is 0 Å². The maximum Gasteiger partial charge on any atom is 0.161 e. The fourth-order valence-electron chi connectivity index (χ4n) is 1.21. The van der Waals surface area contributed by atoms with E-state index < -0.39 is 0 Å². The van der Waals surface area contributed by atoms with Crippen molar-refractivity contribution < 1.29 is 14.3 Å². The van der Waals surface area contributed by atoms with E-state index >= 15 is 0 Å². The van der Waals surface area contributed by atoms with Crippen LogP contribution in [0.15, 0.2) is 23.4 Å². The van der Waals surface area contributed by atoms with Crippen molar-refractivity contribution in [2.45, 2.75) is 13.8 Å². The Morgan fingerprint density at radius 1 is 1.19 bits per heavy atom. The first-order chi connectivity index (χ1) is 7.81. The van der Waals surface area contributed by atoms with E-state index in [1.165, 1.54) is 0 Å². The summed E-state index contributed by atoms with van der Waals surface area (Å²) in [6.07, 6.45) is 1.64. The molecule has 0 aliphatic heterocycles. The zero-order valence-electron chi connectivity index (χ0n) is 9.90. The van der Waals surface area contributed by atoms with E-state index in [-0.39, 0.29) is 0 Å². The van der Waals surface area contributed by atoms with Crippen LogP contribution in [-0.4, -0.2) is 26.5 Å². The summed E-state index contributed by atoms with van der Waals surface area (Å²) in [5.41, 5.74) is 0.911. The Bertz CT molecular complexity index is 350. The van der Waals surface area contributed by atoms with Crippen LogP contribution in [-0.2, 0) is 4.84 Å². The molecule has 0 unspecified atom stereocenters. The lowest BCUT2D eigenvalue weighted by Gasteiger charge is -2.09. The molecule has 1 rings (SSSR count). The van der Waals surface area contributed by atoms with Crippen molar-refractivity contribution >= 4 is 6.21 Å². The molecule has 0 N–H and O–H groups in total. The molecule has 88 valence electrons. The van der Waals surface area contributed by atoms with E-state index in [4.69, 9.17) is 14.3 Å². The molecule has 16 heavy (non-hydrogen) atoms. The second-order valence-electron chi connectivity index (χ2n) is 3.00. The van der Waals surface area contributed by atoms with Gasteiger partial charge in [-0.2, -0.15) is 0 Å². The van der Waals surface area contributed by atoms with Crippen molar-refractivity contribution in [2.75, 3.05) is 20.3 Å². The van der Waals surface area contributed by atoms with Crippen LogP contribution in [0.3, 0.4) is 0 Å². The molecule has 0 aliphatic carbocycles. The summed E-state index contributed by atoms with van der Waals surface area (Å²) in [5, 5.41) is 3.79. The quantitative estimate of drug-likeness (QED) is 0.549. The average molecular weight is 223 g/mol. The molecule has 4 nitrogen and oxygen atoms in total. The monoisotopic (exact) mass is 223 g/mol. The van der Waals surface area contributed by atoms with Crippen molar-refractivity contribution in [1.82, 2.24) is 0 Å². The first-order valence-electron chi connectivity index (χ1n) is 5.28. The highest BCUT2D eigenvalue weighted by Crippen LogP contribution is 2.27. The number of ether oxygens (including phenoxy) is 2. The lowest BCUT2D eigenvalue weighted by molar-refractivity contribution is 0.160. The summed E-state index contributed by atoms with van der Waals surface area (Å²) in [6, 6.07) is 5.61. The van der Waals surface area contributed by atoms with Crippen molar-refractivity contribution in [3.63, 3.8) is 0 Å². The van der Waals surface area contributed by atoms with Crippen LogP contribution in [0.25, 0.3) is 0 Å². The Balaban J connectivity index is 2.81. The molecule has 0 radical (unpaired) electrons. The van der Waals surface area contributed by atoms with Crippen LogP contribution in [0.4, 0.5) is 0 Å². The van der Waals surface area contributed by atoms with Crippen molar-refractivity contribution in [1.29, 1.82) is 0 Å². The fraction of sp³-hybridized carbons (Fsp3) is 0.417. The molecule has 0 fully saturated rings. The Kier molecular flexibility index (Phi) is 5.19. The maximum absolute atomic E-state index is 5.41. The van der Waals surface area contributed by atoms with E-state index in [1.54, 1.807) is 13.3 Å². The molecule has 0 saturated heterocycles. The highest BCUT2D eigenvalue weighted by atomic mass is 16.6. The largest absolute Gasteiger partial charge is 0.493 e. The molecule has 0 amide bonds. The molecule has 1 aromatic carbocycles. The first-order valence-corrected chi connectivity index (χ1v) is 5.28. The second-order valence-corrected chi connectivity index (χ2v) is 3.00. The van der Waals surface area contributed by atoms with E-state index in [1.807, 2.05) is 32.0 Å². The molecule has 0 bridgehead atoms. The van der Waals surface area contributed by atoms with Gasteiger partial charge < -0.3 is 14.3 Å². The van der Waals surface area contributed by atoms with Crippen LogP contribution in [0.2, 0.25) is 0 Å². The fourth-order valence-corrected chi connectivity index (χ4v) is 1.21. The van der Waals surface area contributed by atoms with Gasteiger partial charge in [0, 0.05) is 5.56 Å². The summed E-state index contributed by atoms with van der Waals surface area (Å²) in [7, 11) is 1.61. The Labute approximate surface area is 95.8 Å². The van der Waals surface area contributed by atoms with Gasteiger partial charge in [-0.15, -0.1) is 0 Å². The minimum atomic E-state index is 0.560. The highest BCUT2D eigenvalue weighted by molar-refractivity contribution is 5.80. The summed E-state index contributed by atoms with van der Waals surface area (Å²) in [6.45, 7) is 4.99. The van der Waals surface area contributed by atoms with Gasteiger partial charge in [0.2, 0.25) is 0 Å². The molecule has 0 aliphatic rings. The summed E-state index contributed by atoms with van der Waals surface area (Å²) in [4.78, 5) is 4.89.